The first-order valence-corrected chi connectivity index (χ1v) is 8.42. The van der Waals surface area contributed by atoms with E-state index in [1.165, 1.54) is 24.3 Å². The maximum absolute atomic E-state index is 11.8. The highest BCUT2D eigenvalue weighted by atomic mass is 35.5. The van der Waals surface area contributed by atoms with E-state index in [0.29, 0.717) is 11.3 Å². The van der Waals surface area contributed by atoms with Crippen LogP contribution < -0.4 is 16.0 Å². The van der Waals surface area contributed by atoms with Crippen molar-refractivity contribution in [1.82, 2.24) is 14.8 Å². The molecule has 0 fully saturated rings. The van der Waals surface area contributed by atoms with E-state index in [1.54, 1.807) is 6.07 Å². The zero-order valence-corrected chi connectivity index (χ0v) is 15.1. The number of nitrogens with zero attached hydrogens (tertiary/aromatic N) is 2. The molecule has 3 aromatic rings. The first kappa shape index (κ1) is 18.3. The highest BCUT2D eigenvalue weighted by molar-refractivity contribution is 6.37. The van der Waals surface area contributed by atoms with Crippen molar-refractivity contribution in [3.05, 3.63) is 73.0 Å². The SMILES string of the molecule is O=c1cnn(-c2cc(Cl)c(Oc3ccc(O)c(CCl)c3)c(Cl)c2)c(=O)[nH]1. The van der Waals surface area contributed by atoms with E-state index in [1.807, 2.05) is 0 Å². The van der Waals surface area contributed by atoms with Gasteiger partial charge in [-0.15, -0.1) is 11.6 Å². The Labute approximate surface area is 161 Å². The van der Waals surface area contributed by atoms with Crippen LogP contribution in [-0.2, 0) is 5.88 Å². The zero-order chi connectivity index (χ0) is 18.8. The molecular formula is C16H10Cl3N3O4. The van der Waals surface area contributed by atoms with Crippen molar-refractivity contribution in [2.75, 3.05) is 0 Å². The Balaban J connectivity index is 2.00. The van der Waals surface area contributed by atoms with Gasteiger partial charge in [-0.3, -0.25) is 9.78 Å². The fourth-order valence-corrected chi connectivity index (χ4v) is 2.92. The molecule has 2 N–H and O–H groups in total. The standard InChI is InChI=1S/C16H10Cl3N3O4/c17-6-8-3-10(1-2-13(8)23)26-15-11(18)4-9(5-12(15)19)22-16(25)21-14(24)7-20-22/h1-5,7,23H,6H2,(H,21,24,25). The highest BCUT2D eigenvalue weighted by Crippen LogP contribution is 2.39. The summed E-state index contributed by atoms with van der Waals surface area (Å²) in [6.45, 7) is 0. The third kappa shape index (κ3) is 3.70. The van der Waals surface area contributed by atoms with E-state index in [4.69, 9.17) is 39.5 Å². The number of nitrogens with one attached hydrogen (secondary N) is 1. The van der Waals surface area contributed by atoms with E-state index in [2.05, 4.69) is 10.1 Å². The molecule has 26 heavy (non-hydrogen) atoms. The Hall–Kier alpha value is -2.48. The Morgan fingerprint density at radius 2 is 1.85 bits per heavy atom. The molecule has 0 radical (unpaired) electrons. The van der Waals surface area contributed by atoms with Gasteiger partial charge in [0.1, 0.15) is 17.7 Å². The molecular weight excluding hydrogens is 405 g/mol. The smallest absolute Gasteiger partial charge is 0.349 e. The van der Waals surface area contributed by atoms with Crippen LogP contribution >= 0.6 is 34.8 Å². The number of phenols is 1. The monoisotopic (exact) mass is 413 g/mol. The van der Waals surface area contributed by atoms with Crippen LogP contribution in [0.2, 0.25) is 10.0 Å². The van der Waals surface area contributed by atoms with E-state index < -0.39 is 11.2 Å². The van der Waals surface area contributed by atoms with Crippen molar-refractivity contribution in [2.24, 2.45) is 0 Å². The molecule has 0 bridgehead atoms. The van der Waals surface area contributed by atoms with Crippen LogP contribution in [0.1, 0.15) is 5.56 Å². The molecule has 3 rings (SSSR count). The van der Waals surface area contributed by atoms with Crippen molar-refractivity contribution in [2.45, 2.75) is 5.88 Å². The predicted octanol–water partition coefficient (Wildman–Crippen LogP) is 3.46. The Morgan fingerprint density at radius 1 is 1.15 bits per heavy atom. The summed E-state index contributed by atoms with van der Waals surface area (Å²) >= 11 is 18.2. The normalized spacial score (nSPS) is 10.7. The molecule has 0 atom stereocenters. The first-order valence-electron chi connectivity index (χ1n) is 7.13. The number of ether oxygens (including phenoxy) is 1. The number of aromatic hydroxyl groups is 1. The predicted molar refractivity (Wildman–Crippen MR) is 98.2 cm³/mol. The molecule has 0 saturated carbocycles. The summed E-state index contributed by atoms with van der Waals surface area (Å²) in [5, 5.41) is 13.6. The van der Waals surface area contributed by atoms with Gasteiger partial charge in [-0.2, -0.15) is 9.78 Å². The third-order valence-corrected chi connectivity index (χ3v) is 4.20. The number of hydrogen-bond donors (Lipinski definition) is 2. The van der Waals surface area contributed by atoms with Gasteiger partial charge in [-0.05, 0) is 30.3 Å². The maximum Gasteiger partial charge on any atom is 0.349 e. The van der Waals surface area contributed by atoms with Crippen LogP contribution in [0.3, 0.4) is 0 Å². The lowest BCUT2D eigenvalue weighted by Gasteiger charge is -2.13. The van der Waals surface area contributed by atoms with Crippen LogP contribution in [-0.4, -0.2) is 19.9 Å². The minimum absolute atomic E-state index is 0.0448. The van der Waals surface area contributed by atoms with Gasteiger partial charge >= 0.3 is 5.69 Å². The van der Waals surface area contributed by atoms with Crippen molar-refractivity contribution in [3.8, 4) is 22.9 Å². The van der Waals surface area contributed by atoms with E-state index in [0.717, 1.165) is 10.9 Å². The molecule has 0 aliphatic carbocycles. The van der Waals surface area contributed by atoms with Crippen molar-refractivity contribution in [3.63, 3.8) is 0 Å². The topological polar surface area (TPSA) is 97.2 Å². The van der Waals surface area contributed by atoms with Gasteiger partial charge in [0.2, 0.25) is 0 Å². The number of phenolic OH excluding ortho intramolecular Hbond substituents is 1. The number of H-pyrrole nitrogens is 1. The van der Waals surface area contributed by atoms with Crippen molar-refractivity contribution < 1.29 is 9.84 Å². The molecule has 0 unspecified atom stereocenters. The van der Waals surface area contributed by atoms with Crippen molar-refractivity contribution >= 4 is 34.8 Å². The molecule has 0 spiro atoms. The molecule has 2 aromatic carbocycles. The largest absolute Gasteiger partial charge is 0.508 e. The molecule has 0 aliphatic heterocycles. The second kappa shape index (κ2) is 7.41. The lowest BCUT2D eigenvalue weighted by atomic mass is 10.2. The van der Waals surface area contributed by atoms with Crippen LogP contribution in [0.25, 0.3) is 5.69 Å². The number of aromatic amines is 1. The van der Waals surface area contributed by atoms with Gasteiger partial charge in [-0.25, -0.2) is 4.79 Å². The second-order valence-corrected chi connectivity index (χ2v) is 6.20. The van der Waals surface area contributed by atoms with Gasteiger partial charge in [0.15, 0.2) is 5.75 Å². The lowest BCUT2D eigenvalue weighted by molar-refractivity contribution is 0.460. The molecule has 134 valence electrons. The average Bonchev–Trinajstić information content (AvgIpc) is 2.59. The van der Waals surface area contributed by atoms with E-state index >= 15 is 0 Å². The number of aromatic nitrogens is 3. The van der Waals surface area contributed by atoms with Gasteiger partial charge in [-0.1, -0.05) is 23.2 Å². The van der Waals surface area contributed by atoms with Gasteiger partial charge < -0.3 is 9.84 Å². The van der Waals surface area contributed by atoms with E-state index in [9.17, 15) is 14.7 Å². The third-order valence-electron chi connectivity index (χ3n) is 3.36. The lowest BCUT2D eigenvalue weighted by Crippen LogP contribution is -2.30. The fourth-order valence-electron chi connectivity index (χ4n) is 2.15. The quantitative estimate of drug-likeness (QED) is 0.637. The summed E-state index contributed by atoms with van der Waals surface area (Å²) in [6.07, 6.45) is 0.956. The molecule has 1 heterocycles. The van der Waals surface area contributed by atoms with E-state index in [-0.39, 0.29) is 33.1 Å². The minimum atomic E-state index is -0.733. The number of halogens is 3. The summed E-state index contributed by atoms with van der Waals surface area (Å²) in [4.78, 5) is 25.0. The Morgan fingerprint density at radius 3 is 2.46 bits per heavy atom. The molecule has 0 saturated heterocycles. The molecule has 0 amide bonds. The Kier molecular flexibility index (Phi) is 5.22. The first-order chi connectivity index (χ1) is 12.4. The average molecular weight is 415 g/mol. The number of rotatable bonds is 4. The number of alkyl halides is 1. The zero-order valence-electron chi connectivity index (χ0n) is 12.9. The van der Waals surface area contributed by atoms with Gasteiger partial charge in [0.05, 0.1) is 21.6 Å². The summed E-state index contributed by atoms with van der Waals surface area (Å²) in [5.74, 6) is 0.669. The van der Waals surface area contributed by atoms with Crippen LogP contribution in [0.5, 0.6) is 17.2 Å². The second-order valence-electron chi connectivity index (χ2n) is 5.12. The molecule has 1 aromatic heterocycles. The number of hydrogen-bond acceptors (Lipinski definition) is 5. The summed E-state index contributed by atoms with van der Waals surface area (Å²) < 4.78 is 6.62. The van der Waals surface area contributed by atoms with Gasteiger partial charge in [0.25, 0.3) is 5.56 Å². The fraction of sp³-hybridized carbons (Fsp3) is 0.0625. The van der Waals surface area contributed by atoms with Gasteiger partial charge in [0, 0.05) is 5.56 Å². The van der Waals surface area contributed by atoms with Crippen LogP contribution in [0, 0.1) is 0 Å². The molecule has 0 aliphatic rings. The highest BCUT2D eigenvalue weighted by Gasteiger charge is 2.14. The Bertz CT molecular complexity index is 1070. The minimum Gasteiger partial charge on any atom is -0.508 e. The summed E-state index contributed by atoms with van der Waals surface area (Å²) in [7, 11) is 0. The maximum atomic E-state index is 11.8. The van der Waals surface area contributed by atoms with Crippen LogP contribution in [0.15, 0.2) is 46.1 Å². The van der Waals surface area contributed by atoms with Crippen LogP contribution in [0.4, 0.5) is 0 Å². The molecule has 10 heteroatoms. The summed E-state index contributed by atoms with van der Waals surface area (Å²) in [5.41, 5.74) is -0.618. The molecule has 7 nitrogen and oxygen atoms in total. The van der Waals surface area contributed by atoms with Crippen molar-refractivity contribution in [1.29, 1.82) is 0 Å². The number of benzene rings is 2. The summed E-state index contributed by atoms with van der Waals surface area (Å²) in [6, 6.07) is 7.35.